The lowest BCUT2D eigenvalue weighted by atomic mass is 9.96. The monoisotopic (exact) mass is 466 g/mol. The highest BCUT2D eigenvalue weighted by Crippen LogP contribution is 2.39. The fourth-order valence-electron chi connectivity index (χ4n) is 3.95. The zero-order chi connectivity index (χ0) is 22.4. The summed E-state index contributed by atoms with van der Waals surface area (Å²) >= 11 is 7.84. The molecule has 0 saturated heterocycles. The van der Waals surface area contributed by atoms with Gasteiger partial charge in [0.05, 0.1) is 5.71 Å². The van der Waals surface area contributed by atoms with Crippen molar-refractivity contribution in [2.24, 2.45) is 4.99 Å². The minimum absolute atomic E-state index is 0.0398. The summed E-state index contributed by atoms with van der Waals surface area (Å²) in [6, 6.07) is 7.20. The van der Waals surface area contributed by atoms with Gasteiger partial charge in [0.1, 0.15) is 23.0 Å². The van der Waals surface area contributed by atoms with E-state index in [0.717, 1.165) is 46.9 Å². The Labute approximate surface area is 195 Å². The summed E-state index contributed by atoms with van der Waals surface area (Å²) < 4.78 is 7.53. The van der Waals surface area contributed by atoms with Gasteiger partial charge < -0.3 is 4.74 Å². The summed E-state index contributed by atoms with van der Waals surface area (Å²) in [5, 5.41) is 10.5. The Bertz CT molecular complexity index is 1250. The van der Waals surface area contributed by atoms with E-state index in [-0.39, 0.29) is 12.1 Å². The number of thiophene rings is 1. The molecule has 0 radical (unpaired) electrons. The van der Waals surface area contributed by atoms with Gasteiger partial charge in [-0.25, -0.2) is 4.79 Å². The topological polar surface area (TPSA) is 69.4 Å². The minimum Gasteiger partial charge on any atom is -0.459 e. The number of aryl methyl sites for hydroxylation is 2. The number of esters is 1. The molecule has 0 bridgehead atoms. The van der Waals surface area contributed by atoms with Gasteiger partial charge in [-0.15, -0.1) is 21.5 Å². The average molecular weight is 467 g/mol. The molecular formula is C24H23ClN4O2S. The molecule has 2 aliphatic rings. The molecule has 0 spiro atoms. The highest BCUT2D eigenvalue weighted by atomic mass is 35.5. The first-order valence-corrected chi connectivity index (χ1v) is 11.9. The fourth-order valence-corrected chi connectivity index (χ4v) is 5.29. The summed E-state index contributed by atoms with van der Waals surface area (Å²) in [7, 11) is 0. The van der Waals surface area contributed by atoms with Crippen LogP contribution < -0.4 is 0 Å². The van der Waals surface area contributed by atoms with Gasteiger partial charge in [-0.3, -0.25) is 9.56 Å². The molecule has 1 aliphatic carbocycles. The van der Waals surface area contributed by atoms with E-state index in [1.165, 1.54) is 16.5 Å². The number of fused-ring (bicyclic) bond motifs is 3. The van der Waals surface area contributed by atoms with Crippen LogP contribution in [0.3, 0.4) is 0 Å². The van der Waals surface area contributed by atoms with Gasteiger partial charge in [0.15, 0.2) is 5.82 Å². The SMILES string of the molecule is Cc1sc2c(c1C)C(c1ccc(Cl)cc1)=NC(/C=C/C(=O)OC1CCC1)c1nnc(C)n1-2. The number of hydrogen-bond acceptors (Lipinski definition) is 6. The Morgan fingerprint density at radius 2 is 1.94 bits per heavy atom. The number of benzene rings is 1. The second-order valence-corrected chi connectivity index (χ2v) is 9.82. The van der Waals surface area contributed by atoms with Gasteiger partial charge >= 0.3 is 5.97 Å². The number of rotatable bonds is 4. The zero-order valence-corrected chi connectivity index (χ0v) is 19.7. The van der Waals surface area contributed by atoms with Crippen LogP contribution >= 0.6 is 22.9 Å². The molecule has 3 heterocycles. The van der Waals surface area contributed by atoms with Crippen LogP contribution in [0.5, 0.6) is 0 Å². The van der Waals surface area contributed by atoms with Gasteiger partial charge in [0.2, 0.25) is 0 Å². The van der Waals surface area contributed by atoms with Gasteiger partial charge in [0, 0.05) is 27.1 Å². The number of aliphatic imine (C=N–C) groups is 1. The second kappa shape index (κ2) is 8.30. The van der Waals surface area contributed by atoms with Crippen LogP contribution in [0.15, 0.2) is 41.4 Å². The smallest absolute Gasteiger partial charge is 0.330 e. The molecule has 3 aromatic rings. The third kappa shape index (κ3) is 3.69. The van der Waals surface area contributed by atoms with Crippen LogP contribution in [-0.2, 0) is 9.53 Å². The number of ether oxygens (including phenoxy) is 1. The average Bonchev–Trinajstić information content (AvgIpc) is 3.21. The first kappa shape index (κ1) is 21.1. The lowest BCUT2D eigenvalue weighted by Gasteiger charge is -2.24. The minimum atomic E-state index is -0.477. The highest BCUT2D eigenvalue weighted by molar-refractivity contribution is 7.15. The Morgan fingerprint density at radius 3 is 2.62 bits per heavy atom. The van der Waals surface area contributed by atoms with Crippen LogP contribution in [0.25, 0.3) is 5.00 Å². The summed E-state index contributed by atoms with van der Waals surface area (Å²) in [6.07, 6.45) is 6.26. The molecule has 1 aliphatic heterocycles. The van der Waals surface area contributed by atoms with E-state index in [1.54, 1.807) is 17.4 Å². The molecule has 6 nitrogen and oxygen atoms in total. The third-order valence-corrected chi connectivity index (χ3v) is 7.50. The zero-order valence-electron chi connectivity index (χ0n) is 18.1. The highest BCUT2D eigenvalue weighted by Gasteiger charge is 2.30. The van der Waals surface area contributed by atoms with Gasteiger partial charge in [-0.2, -0.15) is 0 Å². The molecule has 0 N–H and O–H groups in total. The van der Waals surface area contributed by atoms with E-state index in [0.29, 0.717) is 10.8 Å². The number of halogens is 1. The van der Waals surface area contributed by atoms with E-state index in [1.807, 2.05) is 31.2 Å². The summed E-state index contributed by atoms with van der Waals surface area (Å²) in [5.41, 5.74) is 4.05. The first-order valence-electron chi connectivity index (χ1n) is 10.7. The normalized spacial score (nSPS) is 18.0. The van der Waals surface area contributed by atoms with Crippen LogP contribution in [0, 0.1) is 20.8 Å². The van der Waals surface area contributed by atoms with E-state index in [9.17, 15) is 4.79 Å². The summed E-state index contributed by atoms with van der Waals surface area (Å²) in [4.78, 5) is 18.6. The second-order valence-electron chi connectivity index (χ2n) is 8.18. The summed E-state index contributed by atoms with van der Waals surface area (Å²) in [6.45, 7) is 6.16. The maximum absolute atomic E-state index is 12.3. The lowest BCUT2D eigenvalue weighted by Crippen LogP contribution is -2.24. The van der Waals surface area contributed by atoms with Crippen molar-refractivity contribution in [1.29, 1.82) is 0 Å². The predicted molar refractivity (Wildman–Crippen MR) is 126 cm³/mol. The molecular weight excluding hydrogens is 444 g/mol. The number of carbonyl (C=O) groups is 1. The van der Waals surface area contributed by atoms with E-state index in [2.05, 4.69) is 28.6 Å². The van der Waals surface area contributed by atoms with Crippen LogP contribution in [0.2, 0.25) is 5.02 Å². The molecule has 5 rings (SSSR count). The molecule has 1 saturated carbocycles. The van der Waals surface area contributed by atoms with Crippen molar-refractivity contribution in [2.45, 2.75) is 52.2 Å². The van der Waals surface area contributed by atoms with E-state index >= 15 is 0 Å². The number of hydrogen-bond donors (Lipinski definition) is 0. The molecule has 0 amide bonds. The lowest BCUT2D eigenvalue weighted by molar-refractivity contribution is -0.146. The van der Waals surface area contributed by atoms with Crippen molar-refractivity contribution in [2.75, 3.05) is 0 Å². The van der Waals surface area contributed by atoms with Crippen LogP contribution in [0.4, 0.5) is 0 Å². The molecule has 1 fully saturated rings. The maximum Gasteiger partial charge on any atom is 0.330 e. The van der Waals surface area contributed by atoms with E-state index in [4.69, 9.17) is 21.3 Å². The Hall–Kier alpha value is -2.77. The van der Waals surface area contributed by atoms with Crippen LogP contribution in [-0.4, -0.2) is 32.5 Å². The van der Waals surface area contributed by atoms with Crippen molar-refractivity contribution in [3.63, 3.8) is 0 Å². The molecule has 8 heteroatoms. The molecule has 1 aromatic carbocycles. The fraction of sp³-hybridized carbons (Fsp3) is 0.333. The number of aromatic nitrogens is 3. The Morgan fingerprint density at radius 1 is 1.19 bits per heavy atom. The van der Waals surface area contributed by atoms with Crippen molar-refractivity contribution in [3.8, 4) is 5.00 Å². The standard InChI is InChI=1S/C24H23ClN4O2S/c1-13-14(2)32-24-21(13)22(16-7-9-17(25)10-8-16)26-19(23-28-27-15(3)29(23)24)11-12-20(30)31-18-5-4-6-18/h7-12,18-19H,4-6H2,1-3H3/b12-11+. The molecule has 2 aromatic heterocycles. The van der Waals surface area contributed by atoms with Crippen molar-refractivity contribution < 1.29 is 9.53 Å². The Kier molecular flexibility index (Phi) is 5.47. The summed E-state index contributed by atoms with van der Waals surface area (Å²) in [5.74, 6) is 1.12. The first-order chi connectivity index (χ1) is 15.4. The quantitative estimate of drug-likeness (QED) is 0.378. The third-order valence-electron chi connectivity index (χ3n) is 6.06. The van der Waals surface area contributed by atoms with E-state index < -0.39 is 6.04 Å². The molecule has 1 atom stereocenters. The van der Waals surface area contributed by atoms with Gasteiger partial charge in [0.25, 0.3) is 0 Å². The molecule has 1 unspecified atom stereocenters. The number of carbonyl (C=O) groups excluding carboxylic acids is 1. The largest absolute Gasteiger partial charge is 0.459 e. The van der Waals surface area contributed by atoms with Gasteiger partial charge in [-0.05, 0) is 63.8 Å². The maximum atomic E-state index is 12.3. The Balaban J connectivity index is 1.64. The number of nitrogens with zero attached hydrogens (tertiary/aromatic N) is 4. The van der Waals surface area contributed by atoms with Gasteiger partial charge in [-0.1, -0.05) is 23.7 Å². The van der Waals surface area contributed by atoms with Crippen molar-refractivity contribution in [1.82, 2.24) is 14.8 Å². The van der Waals surface area contributed by atoms with Crippen molar-refractivity contribution in [3.05, 3.63) is 74.7 Å². The molecule has 164 valence electrons. The van der Waals surface area contributed by atoms with Crippen molar-refractivity contribution >= 4 is 34.6 Å². The predicted octanol–water partition coefficient (Wildman–Crippen LogP) is 5.45. The molecule has 32 heavy (non-hydrogen) atoms. The van der Waals surface area contributed by atoms with Crippen LogP contribution in [0.1, 0.15) is 58.5 Å².